The minimum Gasteiger partial charge on any atom is -0.508 e. The Bertz CT molecular complexity index is 1710. The lowest BCUT2D eigenvalue weighted by atomic mass is 9.71. The number of aromatic hydroxyl groups is 4. The SMILES string of the molecule is CC(C)(C)c1cc(C(C)(C=C=CC(C)(c2ccc(O)c(C(C)(C)C)c2)c2ccc(O)c(C(C)(C)C)c2)c2ccc(O)c(C(C)(C)C)c2)ccc1O. The van der Waals surface area contributed by atoms with Crippen molar-refractivity contribution in [3.8, 4) is 23.0 Å². The van der Waals surface area contributed by atoms with Gasteiger partial charge < -0.3 is 20.4 Å². The zero-order valence-corrected chi connectivity index (χ0v) is 33.4. The normalized spacial score (nSPS) is 13.1. The van der Waals surface area contributed by atoms with Gasteiger partial charge >= 0.3 is 0 Å². The maximum absolute atomic E-state index is 10.9. The van der Waals surface area contributed by atoms with Crippen LogP contribution < -0.4 is 0 Å². The summed E-state index contributed by atoms with van der Waals surface area (Å²) in [4.78, 5) is 0. The van der Waals surface area contributed by atoms with Gasteiger partial charge in [-0.1, -0.05) is 132 Å². The number of rotatable bonds is 6. The summed E-state index contributed by atoms with van der Waals surface area (Å²) in [6.45, 7) is 29.4. The molecule has 272 valence electrons. The molecule has 0 bridgehead atoms. The Morgan fingerprint density at radius 1 is 0.353 bits per heavy atom. The second-order valence-corrected chi connectivity index (χ2v) is 18.8. The average molecular weight is 689 g/mol. The van der Waals surface area contributed by atoms with Crippen LogP contribution in [-0.4, -0.2) is 20.4 Å². The van der Waals surface area contributed by atoms with Gasteiger partial charge in [-0.3, -0.25) is 0 Å². The highest BCUT2D eigenvalue weighted by Gasteiger charge is 2.34. The highest BCUT2D eigenvalue weighted by molar-refractivity contribution is 5.55. The third kappa shape index (κ3) is 8.08. The van der Waals surface area contributed by atoms with E-state index in [-0.39, 0.29) is 44.7 Å². The van der Waals surface area contributed by atoms with Crippen LogP contribution in [0.1, 0.15) is 141 Å². The molecule has 51 heavy (non-hydrogen) atoms. The van der Waals surface area contributed by atoms with Gasteiger partial charge in [-0.05, 0) is 116 Å². The summed E-state index contributed by atoms with van der Waals surface area (Å²) >= 11 is 0. The van der Waals surface area contributed by atoms with Gasteiger partial charge in [0.05, 0.1) is 0 Å². The molecular formula is C47H60O4. The summed E-state index contributed by atoms with van der Waals surface area (Å²) < 4.78 is 0. The Labute approximate surface area is 307 Å². The molecule has 0 radical (unpaired) electrons. The summed E-state index contributed by atoms with van der Waals surface area (Å²) in [5.41, 5.74) is 8.38. The highest BCUT2D eigenvalue weighted by atomic mass is 16.3. The smallest absolute Gasteiger partial charge is 0.119 e. The van der Waals surface area contributed by atoms with Gasteiger partial charge in [0.15, 0.2) is 0 Å². The Balaban J connectivity index is 2.09. The lowest BCUT2D eigenvalue weighted by Gasteiger charge is -2.32. The molecule has 0 heterocycles. The molecule has 0 aromatic heterocycles. The van der Waals surface area contributed by atoms with E-state index in [0.717, 1.165) is 44.5 Å². The van der Waals surface area contributed by atoms with Crippen molar-refractivity contribution in [1.29, 1.82) is 0 Å². The van der Waals surface area contributed by atoms with Crippen LogP contribution in [0.15, 0.2) is 90.7 Å². The van der Waals surface area contributed by atoms with Crippen LogP contribution in [0.2, 0.25) is 0 Å². The Morgan fingerprint density at radius 2 is 0.549 bits per heavy atom. The molecule has 0 amide bonds. The molecule has 0 saturated heterocycles. The van der Waals surface area contributed by atoms with Crippen molar-refractivity contribution >= 4 is 0 Å². The van der Waals surface area contributed by atoms with Crippen LogP contribution in [-0.2, 0) is 32.5 Å². The van der Waals surface area contributed by atoms with Gasteiger partial charge in [-0.25, -0.2) is 0 Å². The van der Waals surface area contributed by atoms with Crippen LogP contribution in [0, 0.1) is 0 Å². The van der Waals surface area contributed by atoms with E-state index in [1.54, 1.807) is 24.3 Å². The fourth-order valence-corrected chi connectivity index (χ4v) is 6.88. The number of phenolic OH excluding ortho intramolecular Hbond substituents is 4. The maximum Gasteiger partial charge on any atom is 0.119 e. The first-order valence-corrected chi connectivity index (χ1v) is 18.0. The summed E-state index contributed by atoms with van der Waals surface area (Å²) in [7, 11) is 0. The van der Waals surface area contributed by atoms with Gasteiger partial charge in [0.1, 0.15) is 23.0 Å². The third-order valence-electron chi connectivity index (χ3n) is 10.4. The van der Waals surface area contributed by atoms with Gasteiger partial charge in [0.2, 0.25) is 0 Å². The summed E-state index contributed by atoms with van der Waals surface area (Å²) in [6.07, 6.45) is 4.16. The molecule has 4 aromatic carbocycles. The molecule has 4 heteroatoms. The molecule has 0 aliphatic rings. The lowest BCUT2D eigenvalue weighted by molar-refractivity contribution is 0.443. The standard InChI is InChI=1S/C47H60O4/c1-42(2,3)34-26-30(16-20-38(34)48)46(13,31-17-21-39(49)35(27-31)43(4,5)6)24-15-25-47(14,32-18-22-40(50)36(28-32)44(7,8)9)33-19-23-41(51)37(29-33)45(10,11)12/h16-29,48-51H,1-14H3. The highest BCUT2D eigenvalue weighted by Crippen LogP contribution is 2.44. The second kappa shape index (κ2) is 13.3. The minimum atomic E-state index is -0.712. The van der Waals surface area contributed by atoms with E-state index in [2.05, 4.69) is 139 Å². The third-order valence-corrected chi connectivity index (χ3v) is 10.4. The summed E-state index contributed by atoms with van der Waals surface area (Å²) in [6, 6.07) is 23.3. The van der Waals surface area contributed by atoms with Gasteiger partial charge in [-0.15, -0.1) is 5.73 Å². The van der Waals surface area contributed by atoms with Gasteiger partial charge in [0, 0.05) is 10.8 Å². The zero-order chi connectivity index (χ0) is 38.5. The van der Waals surface area contributed by atoms with Crippen molar-refractivity contribution in [3.63, 3.8) is 0 Å². The molecule has 0 saturated carbocycles. The molecule has 4 N–H and O–H groups in total. The lowest BCUT2D eigenvalue weighted by Crippen LogP contribution is -2.25. The van der Waals surface area contributed by atoms with Crippen molar-refractivity contribution < 1.29 is 20.4 Å². The topological polar surface area (TPSA) is 80.9 Å². The first-order valence-electron chi connectivity index (χ1n) is 18.0. The number of hydrogen-bond donors (Lipinski definition) is 4. The molecule has 0 atom stereocenters. The minimum absolute atomic E-state index is 0.255. The fourth-order valence-electron chi connectivity index (χ4n) is 6.88. The van der Waals surface area contributed by atoms with Crippen LogP contribution in [0.25, 0.3) is 0 Å². The average Bonchev–Trinajstić information content (AvgIpc) is 2.99. The van der Waals surface area contributed by atoms with E-state index in [4.69, 9.17) is 0 Å². The van der Waals surface area contributed by atoms with Crippen LogP contribution in [0.3, 0.4) is 0 Å². The van der Waals surface area contributed by atoms with Gasteiger partial charge in [-0.2, -0.15) is 0 Å². The molecule has 0 unspecified atom stereocenters. The quantitative estimate of drug-likeness (QED) is 0.152. The Morgan fingerprint density at radius 3 is 0.725 bits per heavy atom. The molecule has 0 spiro atoms. The predicted octanol–water partition coefficient (Wildman–Crippen LogP) is 11.7. The van der Waals surface area contributed by atoms with Crippen LogP contribution in [0.5, 0.6) is 23.0 Å². The van der Waals surface area contributed by atoms with E-state index in [1.807, 2.05) is 24.3 Å². The first kappa shape index (κ1) is 39.4. The number of hydrogen-bond acceptors (Lipinski definition) is 4. The zero-order valence-electron chi connectivity index (χ0n) is 33.4. The Kier molecular flexibility index (Phi) is 10.3. The predicted molar refractivity (Wildman–Crippen MR) is 213 cm³/mol. The summed E-state index contributed by atoms with van der Waals surface area (Å²) in [5, 5.41) is 43.7. The van der Waals surface area contributed by atoms with Crippen molar-refractivity contribution in [2.75, 3.05) is 0 Å². The van der Waals surface area contributed by atoms with Crippen molar-refractivity contribution in [3.05, 3.63) is 135 Å². The molecule has 4 rings (SSSR count). The van der Waals surface area contributed by atoms with E-state index >= 15 is 0 Å². The van der Waals surface area contributed by atoms with Crippen molar-refractivity contribution in [2.24, 2.45) is 0 Å². The molecule has 4 nitrogen and oxygen atoms in total. The molecule has 0 fully saturated rings. The van der Waals surface area contributed by atoms with E-state index in [0.29, 0.717) is 0 Å². The second-order valence-electron chi connectivity index (χ2n) is 18.8. The van der Waals surface area contributed by atoms with Crippen molar-refractivity contribution in [2.45, 2.75) is 129 Å². The molecule has 0 aliphatic carbocycles. The molecule has 4 aromatic rings. The maximum atomic E-state index is 10.9. The Hall–Kier alpha value is -4.40. The fraction of sp³-hybridized carbons (Fsp3) is 0.426. The largest absolute Gasteiger partial charge is 0.508 e. The van der Waals surface area contributed by atoms with E-state index in [1.165, 1.54) is 0 Å². The van der Waals surface area contributed by atoms with Crippen molar-refractivity contribution in [1.82, 2.24) is 0 Å². The summed E-state index contributed by atoms with van der Waals surface area (Å²) in [5.74, 6) is 1.02. The van der Waals surface area contributed by atoms with E-state index in [9.17, 15) is 20.4 Å². The number of allylic oxidation sites excluding steroid dienone is 1. The van der Waals surface area contributed by atoms with E-state index < -0.39 is 10.8 Å². The number of benzene rings is 4. The van der Waals surface area contributed by atoms with Crippen LogP contribution >= 0.6 is 0 Å². The molecule has 0 aliphatic heterocycles. The number of phenols is 4. The van der Waals surface area contributed by atoms with Crippen LogP contribution in [0.4, 0.5) is 0 Å². The molecular weight excluding hydrogens is 629 g/mol. The first-order chi connectivity index (χ1) is 23.2. The van der Waals surface area contributed by atoms with Gasteiger partial charge in [0.25, 0.3) is 0 Å². The monoisotopic (exact) mass is 688 g/mol.